The van der Waals surface area contributed by atoms with Gasteiger partial charge in [0.25, 0.3) is 0 Å². The summed E-state index contributed by atoms with van der Waals surface area (Å²) in [5.74, 6) is 0.894. The Morgan fingerprint density at radius 2 is 1.89 bits per heavy atom. The fourth-order valence-electron chi connectivity index (χ4n) is 2.01. The minimum atomic E-state index is 0.893. The highest BCUT2D eigenvalue weighted by Gasteiger charge is 2.04. The van der Waals surface area contributed by atoms with Crippen LogP contribution in [0.4, 0.5) is 0 Å². The molecular weight excluding hydrogens is 222 g/mol. The van der Waals surface area contributed by atoms with Gasteiger partial charge < -0.3 is 10.1 Å². The first kappa shape index (κ1) is 12.7. The molecule has 0 unspecified atom stereocenters. The topological polar surface area (TPSA) is 21.3 Å². The summed E-state index contributed by atoms with van der Waals surface area (Å²) in [5.41, 5.74) is 3.77. The van der Waals surface area contributed by atoms with E-state index in [0.717, 1.165) is 18.8 Å². The van der Waals surface area contributed by atoms with Crippen LogP contribution < -0.4 is 10.1 Å². The van der Waals surface area contributed by atoms with Gasteiger partial charge in [0.15, 0.2) is 0 Å². The molecule has 0 aromatic heterocycles. The van der Waals surface area contributed by atoms with E-state index in [1.54, 1.807) is 7.11 Å². The van der Waals surface area contributed by atoms with Crippen LogP contribution in [-0.2, 0) is 6.54 Å². The predicted molar refractivity (Wildman–Crippen MR) is 75.8 cm³/mol. The molecule has 0 amide bonds. The average molecular weight is 241 g/mol. The van der Waals surface area contributed by atoms with Gasteiger partial charge in [-0.15, -0.1) is 0 Å². The minimum Gasteiger partial charge on any atom is -0.497 e. The molecule has 0 spiro atoms. The van der Waals surface area contributed by atoms with Gasteiger partial charge in [0.2, 0.25) is 0 Å². The second-order valence-corrected chi connectivity index (χ2v) is 4.17. The molecule has 0 atom stereocenters. The van der Waals surface area contributed by atoms with Crippen molar-refractivity contribution in [3.8, 4) is 16.9 Å². The van der Waals surface area contributed by atoms with Gasteiger partial charge in [0.1, 0.15) is 5.75 Å². The highest BCUT2D eigenvalue weighted by molar-refractivity contribution is 5.68. The van der Waals surface area contributed by atoms with Crippen molar-refractivity contribution >= 4 is 0 Å². The van der Waals surface area contributed by atoms with Gasteiger partial charge in [-0.3, -0.25) is 0 Å². The summed E-state index contributed by atoms with van der Waals surface area (Å²) >= 11 is 0. The standard InChI is InChI=1S/C16H19NO/c1-3-17-12-14-7-4-5-10-16(14)13-8-6-9-15(11-13)18-2/h4-11,17H,3,12H2,1-2H3. The van der Waals surface area contributed by atoms with Gasteiger partial charge in [-0.05, 0) is 35.4 Å². The van der Waals surface area contributed by atoms with Crippen molar-refractivity contribution < 1.29 is 4.74 Å². The van der Waals surface area contributed by atoms with E-state index in [-0.39, 0.29) is 0 Å². The fraction of sp³-hybridized carbons (Fsp3) is 0.250. The molecule has 94 valence electrons. The number of ether oxygens (including phenoxy) is 1. The summed E-state index contributed by atoms with van der Waals surface area (Å²) in [4.78, 5) is 0. The van der Waals surface area contributed by atoms with Crippen molar-refractivity contribution in [2.75, 3.05) is 13.7 Å². The third-order valence-corrected chi connectivity index (χ3v) is 2.96. The second-order valence-electron chi connectivity index (χ2n) is 4.17. The first-order valence-corrected chi connectivity index (χ1v) is 6.28. The maximum absolute atomic E-state index is 5.28. The number of hydrogen-bond acceptors (Lipinski definition) is 2. The zero-order valence-corrected chi connectivity index (χ0v) is 10.9. The molecule has 2 heteroatoms. The van der Waals surface area contributed by atoms with Crippen LogP contribution in [0.25, 0.3) is 11.1 Å². The van der Waals surface area contributed by atoms with Crippen LogP contribution in [0, 0.1) is 0 Å². The summed E-state index contributed by atoms with van der Waals surface area (Å²) in [7, 11) is 1.70. The van der Waals surface area contributed by atoms with Crippen LogP contribution in [-0.4, -0.2) is 13.7 Å². The molecule has 0 saturated heterocycles. The van der Waals surface area contributed by atoms with Crippen LogP contribution >= 0.6 is 0 Å². The Morgan fingerprint density at radius 3 is 2.67 bits per heavy atom. The number of hydrogen-bond donors (Lipinski definition) is 1. The Kier molecular flexibility index (Phi) is 4.37. The lowest BCUT2D eigenvalue weighted by Gasteiger charge is -2.11. The van der Waals surface area contributed by atoms with E-state index in [1.165, 1.54) is 16.7 Å². The molecule has 0 saturated carbocycles. The van der Waals surface area contributed by atoms with Gasteiger partial charge in [-0.1, -0.05) is 43.3 Å². The average Bonchev–Trinajstić information content (AvgIpc) is 2.45. The van der Waals surface area contributed by atoms with Crippen LogP contribution in [0.2, 0.25) is 0 Å². The van der Waals surface area contributed by atoms with E-state index >= 15 is 0 Å². The Labute approximate surface area is 109 Å². The minimum absolute atomic E-state index is 0.893. The number of rotatable bonds is 5. The molecule has 18 heavy (non-hydrogen) atoms. The summed E-state index contributed by atoms with van der Waals surface area (Å²) in [6.45, 7) is 3.99. The lowest BCUT2D eigenvalue weighted by atomic mass is 9.99. The molecule has 0 aliphatic rings. The number of benzene rings is 2. The summed E-state index contributed by atoms with van der Waals surface area (Å²) in [6, 6.07) is 16.7. The molecular formula is C16H19NO. The molecule has 0 aliphatic carbocycles. The van der Waals surface area contributed by atoms with Crippen LogP contribution in [0.1, 0.15) is 12.5 Å². The fourth-order valence-corrected chi connectivity index (χ4v) is 2.01. The SMILES string of the molecule is CCNCc1ccccc1-c1cccc(OC)c1. The van der Waals surface area contributed by atoms with E-state index in [0.29, 0.717) is 0 Å². The first-order valence-electron chi connectivity index (χ1n) is 6.28. The molecule has 0 radical (unpaired) electrons. The maximum atomic E-state index is 5.28. The van der Waals surface area contributed by atoms with Crippen molar-refractivity contribution in [2.24, 2.45) is 0 Å². The molecule has 0 bridgehead atoms. The largest absolute Gasteiger partial charge is 0.497 e. The normalized spacial score (nSPS) is 10.3. The van der Waals surface area contributed by atoms with Gasteiger partial charge in [0, 0.05) is 6.54 Å². The quantitative estimate of drug-likeness (QED) is 0.865. The van der Waals surface area contributed by atoms with Crippen molar-refractivity contribution in [2.45, 2.75) is 13.5 Å². The van der Waals surface area contributed by atoms with Crippen molar-refractivity contribution in [1.82, 2.24) is 5.32 Å². The lowest BCUT2D eigenvalue weighted by Crippen LogP contribution is -2.12. The molecule has 2 rings (SSSR count). The molecule has 2 nitrogen and oxygen atoms in total. The van der Waals surface area contributed by atoms with E-state index in [1.807, 2.05) is 12.1 Å². The summed E-state index contributed by atoms with van der Waals surface area (Å²) < 4.78 is 5.28. The van der Waals surface area contributed by atoms with Crippen molar-refractivity contribution in [3.63, 3.8) is 0 Å². The molecule has 0 heterocycles. The summed E-state index contributed by atoms with van der Waals surface area (Å²) in [5, 5.41) is 3.37. The van der Waals surface area contributed by atoms with Crippen LogP contribution in [0.5, 0.6) is 5.75 Å². The maximum Gasteiger partial charge on any atom is 0.119 e. The monoisotopic (exact) mass is 241 g/mol. The van der Waals surface area contributed by atoms with Crippen molar-refractivity contribution in [3.05, 3.63) is 54.1 Å². The Hall–Kier alpha value is -1.80. The number of methoxy groups -OCH3 is 1. The second kappa shape index (κ2) is 6.22. The van der Waals surface area contributed by atoms with Gasteiger partial charge >= 0.3 is 0 Å². The van der Waals surface area contributed by atoms with E-state index in [4.69, 9.17) is 4.74 Å². The third-order valence-electron chi connectivity index (χ3n) is 2.96. The third kappa shape index (κ3) is 2.90. The van der Waals surface area contributed by atoms with Gasteiger partial charge in [-0.2, -0.15) is 0 Å². The Balaban J connectivity index is 2.36. The molecule has 2 aromatic carbocycles. The highest BCUT2D eigenvalue weighted by Crippen LogP contribution is 2.26. The Bertz CT molecular complexity index is 508. The lowest BCUT2D eigenvalue weighted by molar-refractivity contribution is 0.415. The number of nitrogens with one attached hydrogen (secondary N) is 1. The Morgan fingerprint density at radius 1 is 1.06 bits per heavy atom. The van der Waals surface area contributed by atoms with Crippen LogP contribution in [0.15, 0.2) is 48.5 Å². The summed E-state index contributed by atoms with van der Waals surface area (Å²) in [6.07, 6.45) is 0. The molecule has 0 aliphatic heterocycles. The van der Waals surface area contributed by atoms with E-state index < -0.39 is 0 Å². The van der Waals surface area contributed by atoms with Crippen LogP contribution in [0.3, 0.4) is 0 Å². The zero-order chi connectivity index (χ0) is 12.8. The van der Waals surface area contributed by atoms with E-state index in [9.17, 15) is 0 Å². The molecule has 2 aromatic rings. The van der Waals surface area contributed by atoms with Crippen molar-refractivity contribution in [1.29, 1.82) is 0 Å². The van der Waals surface area contributed by atoms with E-state index in [2.05, 4.69) is 48.6 Å². The smallest absolute Gasteiger partial charge is 0.119 e. The van der Waals surface area contributed by atoms with Gasteiger partial charge in [0.05, 0.1) is 7.11 Å². The molecule has 0 fully saturated rings. The first-order chi connectivity index (χ1) is 8.85. The molecule has 1 N–H and O–H groups in total. The predicted octanol–water partition coefficient (Wildman–Crippen LogP) is 3.47. The van der Waals surface area contributed by atoms with Gasteiger partial charge in [-0.25, -0.2) is 0 Å². The highest BCUT2D eigenvalue weighted by atomic mass is 16.5. The zero-order valence-electron chi connectivity index (χ0n) is 10.9.